The van der Waals surface area contributed by atoms with E-state index in [4.69, 9.17) is 0 Å². The van der Waals surface area contributed by atoms with E-state index < -0.39 is 0 Å². The predicted octanol–water partition coefficient (Wildman–Crippen LogP) is 6.99. The van der Waals surface area contributed by atoms with Crippen LogP contribution in [0.1, 0.15) is 31.9 Å². The lowest BCUT2D eigenvalue weighted by Gasteiger charge is -2.18. The van der Waals surface area contributed by atoms with Crippen LogP contribution in [-0.4, -0.2) is 20.9 Å². The summed E-state index contributed by atoms with van der Waals surface area (Å²) in [5.74, 6) is 0.0923. The molecule has 3 N–H and O–H groups in total. The zero-order chi connectivity index (χ0) is 26.0. The second-order valence-electron chi connectivity index (χ2n) is 10.1. The molecule has 0 unspecified atom stereocenters. The van der Waals surface area contributed by atoms with Gasteiger partial charge in [0.05, 0.1) is 11.8 Å². The number of hydrogen-bond acceptors (Lipinski definition) is 4. The van der Waals surface area contributed by atoms with Crippen LogP contribution in [0.5, 0.6) is 0 Å². The molecule has 0 bridgehead atoms. The molecule has 0 fully saturated rings. The molecule has 6 nitrogen and oxygen atoms in total. The van der Waals surface area contributed by atoms with Gasteiger partial charge in [-0.25, -0.2) is 14.4 Å². The normalized spacial score (nSPS) is 11.5. The van der Waals surface area contributed by atoms with Gasteiger partial charge in [0.25, 0.3) is 0 Å². The highest BCUT2D eigenvalue weighted by molar-refractivity contribution is 5.93. The Morgan fingerprint density at radius 3 is 2.38 bits per heavy atom. The largest absolute Gasteiger partial charge is 0.340 e. The smallest absolute Gasteiger partial charge is 0.228 e. The molecular formula is C30H28FN5O. The average Bonchev–Trinajstić information content (AvgIpc) is 3.30. The Hall–Kier alpha value is -4.52. The lowest BCUT2D eigenvalue weighted by Crippen LogP contribution is -2.14. The maximum Gasteiger partial charge on any atom is 0.228 e. The Balaban J connectivity index is 1.29. The first-order valence-electron chi connectivity index (χ1n) is 12.1. The molecule has 0 saturated carbocycles. The molecule has 5 rings (SSSR count). The van der Waals surface area contributed by atoms with E-state index in [9.17, 15) is 9.18 Å². The maximum atomic E-state index is 13.3. The van der Waals surface area contributed by atoms with E-state index in [0.717, 1.165) is 33.5 Å². The number of benzene rings is 3. The van der Waals surface area contributed by atoms with Gasteiger partial charge in [0.15, 0.2) is 0 Å². The highest BCUT2D eigenvalue weighted by Gasteiger charge is 2.14. The molecule has 3 aromatic carbocycles. The van der Waals surface area contributed by atoms with Crippen molar-refractivity contribution < 1.29 is 9.18 Å². The van der Waals surface area contributed by atoms with Crippen molar-refractivity contribution in [3.05, 3.63) is 102 Å². The van der Waals surface area contributed by atoms with E-state index in [1.165, 1.54) is 24.0 Å². The topological polar surface area (TPSA) is 82.7 Å². The van der Waals surface area contributed by atoms with Crippen LogP contribution in [-0.2, 0) is 16.6 Å². The average molecular weight is 494 g/mol. The molecule has 0 radical (unpaired) electrons. The van der Waals surface area contributed by atoms with Crippen molar-refractivity contribution in [3.8, 4) is 11.3 Å². The fourth-order valence-corrected chi connectivity index (χ4v) is 4.14. The maximum absolute atomic E-state index is 13.3. The minimum atomic E-state index is -0.389. The highest BCUT2D eigenvalue weighted by Crippen LogP contribution is 2.30. The van der Waals surface area contributed by atoms with E-state index >= 15 is 0 Å². The zero-order valence-corrected chi connectivity index (χ0v) is 21.0. The number of nitrogens with zero attached hydrogens (tertiary/aromatic N) is 2. The molecule has 2 aromatic heterocycles. The first-order chi connectivity index (χ1) is 17.7. The van der Waals surface area contributed by atoms with Crippen molar-refractivity contribution in [2.24, 2.45) is 0 Å². The molecule has 37 heavy (non-hydrogen) atoms. The van der Waals surface area contributed by atoms with Crippen molar-refractivity contribution in [3.63, 3.8) is 0 Å². The standard InChI is InChI=1S/C30H28FN5O/c1-30(2,3)21-11-9-20(10-12-21)26-17-25-28(32-18-33-29(25)36-26)35-23-13-7-19(8-14-23)15-27(37)34-24-6-4-5-22(31)16-24/h4-14,16-18H,15H2,1-3H3,(H,34,37)(H2,32,33,35,36). The first kappa shape index (κ1) is 24.2. The molecule has 0 atom stereocenters. The van der Waals surface area contributed by atoms with Crippen LogP contribution in [0.25, 0.3) is 22.3 Å². The van der Waals surface area contributed by atoms with Crippen LogP contribution < -0.4 is 10.6 Å². The molecular weight excluding hydrogens is 465 g/mol. The highest BCUT2D eigenvalue weighted by atomic mass is 19.1. The number of anilines is 3. The molecule has 7 heteroatoms. The van der Waals surface area contributed by atoms with Crippen LogP contribution in [0.15, 0.2) is 85.2 Å². The second-order valence-corrected chi connectivity index (χ2v) is 10.1. The summed E-state index contributed by atoms with van der Waals surface area (Å²) in [4.78, 5) is 24.6. The van der Waals surface area contributed by atoms with Crippen LogP contribution >= 0.6 is 0 Å². The lowest BCUT2D eigenvalue weighted by molar-refractivity contribution is -0.115. The molecule has 2 heterocycles. The van der Waals surface area contributed by atoms with Gasteiger partial charge in [0.1, 0.15) is 23.6 Å². The Morgan fingerprint density at radius 1 is 0.919 bits per heavy atom. The zero-order valence-electron chi connectivity index (χ0n) is 21.0. The number of fused-ring (bicyclic) bond motifs is 1. The van der Waals surface area contributed by atoms with E-state index in [0.29, 0.717) is 11.5 Å². The van der Waals surface area contributed by atoms with Crippen molar-refractivity contribution in [1.82, 2.24) is 15.0 Å². The van der Waals surface area contributed by atoms with E-state index in [1.807, 2.05) is 24.3 Å². The lowest BCUT2D eigenvalue weighted by atomic mass is 9.86. The molecule has 5 aromatic rings. The van der Waals surface area contributed by atoms with Crippen LogP contribution in [0, 0.1) is 5.82 Å². The van der Waals surface area contributed by atoms with Gasteiger partial charge < -0.3 is 15.6 Å². The summed E-state index contributed by atoms with van der Waals surface area (Å²) >= 11 is 0. The SMILES string of the molecule is CC(C)(C)c1ccc(-c2cc3c(Nc4ccc(CC(=O)Nc5cccc(F)c5)cc4)ncnc3[nH]2)cc1. The summed E-state index contributed by atoms with van der Waals surface area (Å²) in [6.45, 7) is 6.60. The molecule has 0 saturated heterocycles. The van der Waals surface area contributed by atoms with Gasteiger partial charge in [0, 0.05) is 17.1 Å². The van der Waals surface area contributed by atoms with Gasteiger partial charge >= 0.3 is 0 Å². The van der Waals surface area contributed by atoms with Crippen molar-refractivity contribution in [2.75, 3.05) is 10.6 Å². The van der Waals surface area contributed by atoms with Gasteiger partial charge in [-0.3, -0.25) is 4.79 Å². The molecule has 0 spiro atoms. The Morgan fingerprint density at radius 2 is 1.68 bits per heavy atom. The van der Waals surface area contributed by atoms with Gasteiger partial charge in [-0.1, -0.05) is 63.2 Å². The van der Waals surface area contributed by atoms with Crippen molar-refractivity contribution in [2.45, 2.75) is 32.6 Å². The minimum Gasteiger partial charge on any atom is -0.340 e. The van der Waals surface area contributed by atoms with Gasteiger partial charge in [0.2, 0.25) is 5.91 Å². The molecule has 0 aliphatic rings. The molecule has 186 valence electrons. The number of halogens is 1. The van der Waals surface area contributed by atoms with Crippen molar-refractivity contribution >= 4 is 34.1 Å². The monoisotopic (exact) mass is 493 g/mol. The number of aromatic amines is 1. The van der Waals surface area contributed by atoms with E-state index in [2.05, 4.69) is 76.7 Å². The summed E-state index contributed by atoms with van der Waals surface area (Å²) in [5, 5.41) is 6.96. The molecule has 0 aliphatic heterocycles. The third-order valence-corrected chi connectivity index (χ3v) is 6.18. The summed E-state index contributed by atoms with van der Waals surface area (Å²) in [6.07, 6.45) is 1.71. The van der Waals surface area contributed by atoms with E-state index in [-0.39, 0.29) is 23.6 Å². The first-order valence-corrected chi connectivity index (χ1v) is 12.1. The predicted molar refractivity (Wildman–Crippen MR) is 146 cm³/mol. The number of carbonyl (C=O) groups excluding carboxylic acids is 1. The quantitative estimate of drug-likeness (QED) is 0.238. The number of carbonyl (C=O) groups is 1. The molecule has 1 amide bonds. The number of amides is 1. The fraction of sp³-hybridized carbons (Fsp3) is 0.167. The fourth-order valence-electron chi connectivity index (χ4n) is 4.14. The minimum absolute atomic E-state index is 0.0994. The number of aromatic nitrogens is 3. The third kappa shape index (κ3) is 5.67. The Labute approximate surface area is 215 Å². The third-order valence-electron chi connectivity index (χ3n) is 6.18. The molecule has 0 aliphatic carbocycles. The Kier molecular flexibility index (Phi) is 6.44. The number of hydrogen-bond donors (Lipinski definition) is 3. The van der Waals surface area contributed by atoms with Crippen LogP contribution in [0.2, 0.25) is 0 Å². The van der Waals surface area contributed by atoms with Crippen LogP contribution in [0.3, 0.4) is 0 Å². The van der Waals surface area contributed by atoms with Gasteiger partial charge in [-0.05, 0) is 58.5 Å². The van der Waals surface area contributed by atoms with Crippen molar-refractivity contribution in [1.29, 1.82) is 0 Å². The summed E-state index contributed by atoms with van der Waals surface area (Å²) < 4.78 is 13.3. The number of nitrogens with one attached hydrogen (secondary N) is 3. The summed E-state index contributed by atoms with van der Waals surface area (Å²) in [7, 11) is 0. The number of H-pyrrole nitrogens is 1. The van der Waals surface area contributed by atoms with Crippen LogP contribution in [0.4, 0.5) is 21.6 Å². The van der Waals surface area contributed by atoms with Gasteiger partial charge in [-0.15, -0.1) is 0 Å². The van der Waals surface area contributed by atoms with E-state index in [1.54, 1.807) is 12.1 Å². The summed E-state index contributed by atoms with van der Waals surface area (Å²) in [6, 6.07) is 24.0. The second kappa shape index (κ2) is 9.85. The van der Waals surface area contributed by atoms with Gasteiger partial charge in [-0.2, -0.15) is 0 Å². The summed E-state index contributed by atoms with van der Waals surface area (Å²) in [5.41, 5.74) is 6.30. The Bertz CT molecular complexity index is 1550. The number of rotatable bonds is 6.